The van der Waals surface area contributed by atoms with Crippen LogP contribution in [-0.4, -0.2) is 22.5 Å². The predicted octanol–water partition coefficient (Wildman–Crippen LogP) is 3.76. The first-order valence-electron chi connectivity index (χ1n) is 7.70. The number of pyridine rings is 1. The number of nitrogens with zero attached hydrogens (tertiary/aromatic N) is 3. The fraction of sp³-hybridized carbons (Fsp3) is 0.0526. The minimum absolute atomic E-state index is 0.00585. The molecule has 0 unspecified atom stereocenters. The maximum Gasteiger partial charge on any atom is 0.250 e. The van der Waals surface area contributed by atoms with Crippen molar-refractivity contribution < 1.29 is 9.53 Å². The highest BCUT2D eigenvalue weighted by Crippen LogP contribution is 2.23. The molecular formula is C19H14N4O2S. The Hall–Kier alpha value is -3.50. The Balaban J connectivity index is 1.58. The molecule has 0 aliphatic heterocycles. The van der Waals surface area contributed by atoms with Crippen LogP contribution in [-0.2, 0) is 4.79 Å². The Morgan fingerprint density at radius 3 is 2.81 bits per heavy atom. The summed E-state index contributed by atoms with van der Waals surface area (Å²) in [7, 11) is 0. The molecule has 6 nitrogen and oxygen atoms in total. The second-order valence-electron chi connectivity index (χ2n) is 5.09. The summed E-state index contributed by atoms with van der Waals surface area (Å²) in [6, 6.07) is 14.6. The molecule has 0 radical (unpaired) electrons. The number of nitriles is 1. The average molecular weight is 362 g/mol. The number of nitrogens with one attached hydrogen (secondary N) is 1. The highest BCUT2D eigenvalue weighted by atomic mass is 32.1. The third-order valence-corrected chi connectivity index (χ3v) is 4.03. The van der Waals surface area contributed by atoms with Gasteiger partial charge in [-0.25, -0.2) is 4.98 Å². The molecule has 0 aliphatic carbocycles. The lowest BCUT2D eigenvalue weighted by atomic mass is 10.2. The zero-order chi connectivity index (χ0) is 18.2. The molecule has 7 heteroatoms. The molecule has 26 heavy (non-hydrogen) atoms. The van der Waals surface area contributed by atoms with Gasteiger partial charge in [-0.3, -0.25) is 15.1 Å². The van der Waals surface area contributed by atoms with Gasteiger partial charge in [0.25, 0.3) is 0 Å². The standard InChI is InChI=1S/C19H14N4O2S/c20-10-12-25-15-7-4-14(5-8-15)6-9-18(24)23-19-22-17(13-26-19)16-3-1-2-11-21-16/h1-9,11,13H,12H2,(H,22,23,24). The Morgan fingerprint density at radius 1 is 1.23 bits per heavy atom. The molecule has 128 valence electrons. The number of anilines is 1. The summed E-state index contributed by atoms with van der Waals surface area (Å²) in [5, 5.41) is 13.6. The lowest BCUT2D eigenvalue weighted by Crippen LogP contribution is -2.07. The summed E-state index contributed by atoms with van der Waals surface area (Å²) in [6.07, 6.45) is 4.83. The number of benzene rings is 1. The first kappa shape index (κ1) is 17.3. The van der Waals surface area contributed by atoms with E-state index in [2.05, 4.69) is 15.3 Å². The normalized spacial score (nSPS) is 10.4. The van der Waals surface area contributed by atoms with E-state index in [0.717, 1.165) is 17.0 Å². The molecule has 3 aromatic rings. The maximum absolute atomic E-state index is 12.0. The molecule has 2 heterocycles. The van der Waals surface area contributed by atoms with Crippen LogP contribution in [0, 0.1) is 11.3 Å². The molecule has 2 aromatic heterocycles. The van der Waals surface area contributed by atoms with Gasteiger partial charge in [0, 0.05) is 17.7 Å². The maximum atomic E-state index is 12.0. The van der Waals surface area contributed by atoms with Crippen LogP contribution in [0.5, 0.6) is 5.75 Å². The zero-order valence-electron chi connectivity index (χ0n) is 13.6. The monoisotopic (exact) mass is 362 g/mol. The van der Waals surface area contributed by atoms with E-state index in [1.165, 1.54) is 17.4 Å². The van der Waals surface area contributed by atoms with Crippen LogP contribution in [0.1, 0.15) is 5.56 Å². The number of hydrogen-bond acceptors (Lipinski definition) is 6. The van der Waals surface area contributed by atoms with Gasteiger partial charge in [0.1, 0.15) is 17.5 Å². The van der Waals surface area contributed by atoms with E-state index in [0.29, 0.717) is 10.9 Å². The van der Waals surface area contributed by atoms with Crippen molar-refractivity contribution >= 4 is 28.5 Å². The number of hydrogen-bond donors (Lipinski definition) is 1. The second kappa shape index (κ2) is 8.55. The highest BCUT2D eigenvalue weighted by Gasteiger charge is 2.06. The molecule has 0 fully saturated rings. The Bertz CT molecular complexity index is 944. The fourth-order valence-corrected chi connectivity index (χ4v) is 2.78. The molecule has 1 aromatic carbocycles. The first-order valence-corrected chi connectivity index (χ1v) is 8.58. The van der Waals surface area contributed by atoms with Crippen LogP contribution >= 0.6 is 11.3 Å². The van der Waals surface area contributed by atoms with E-state index >= 15 is 0 Å². The summed E-state index contributed by atoms with van der Waals surface area (Å²) >= 11 is 1.34. The van der Waals surface area contributed by atoms with Crippen molar-refractivity contribution in [3.05, 3.63) is 65.7 Å². The smallest absolute Gasteiger partial charge is 0.250 e. The number of amides is 1. The van der Waals surface area contributed by atoms with Gasteiger partial charge in [-0.1, -0.05) is 18.2 Å². The molecule has 0 saturated carbocycles. The average Bonchev–Trinajstić information content (AvgIpc) is 3.14. The van der Waals surface area contributed by atoms with Crippen molar-refractivity contribution in [3.8, 4) is 23.2 Å². The predicted molar refractivity (Wildman–Crippen MR) is 101 cm³/mol. The topological polar surface area (TPSA) is 87.9 Å². The second-order valence-corrected chi connectivity index (χ2v) is 5.95. The molecule has 0 atom stereocenters. The summed E-state index contributed by atoms with van der Waals surface area (Å²) in [4.78, 5) is 20.6. The lowest BCUT2D eigenvalue weighted by molar-refractivity contribution is -0.111. The fourth-order valence-electron chi connectivity index (χ4n) is 2.07. The molecule has 3 rings (SSSR count). The van der Waals surface area contributed by atoms with Crippen molar-refractivity contribution in [1.82, 2.24) is 9.97 Å². The van der Waals surface area contributed by atoms with E-state index in [4.69, 9.17) is 10.00 Å². The van der Waals surface area contributed by atoms with Gasteiger partial charge in [-0.05, 0) is 35.9 Å². The molecule has 0 saturated heterocycles. The van der Waals surface area contributed by atoms with Crippen LogP contribution in [0.2, 0.25) is 0 Å². The van der Waals surface area contributed by atoms with Gasteiger partial charge in [0.15, 0.2) is 11.7 Å². The Kier molecular flexibility index (Phi) is 5.70. The summed E-state index contributed by atoms with van der Waals surface area (Å²) in [6.45, 7) is 0.00585. The number of ether oxygens (including phenoxy) is 1. The largest absolute Gasteiger partial charge is 0.479 e. The van der Waals surface area contributed by atoms with E-state index in [1.807, 2.05) is 29.6 Å². The quantitative estimate of drug-likeness (QED) is 0.675. The first-order chi connectivity index (χ1) is 12.7. The van der Waals surface area contributed by atoms with E-state index in [1.54, 1.807) is 36.5 Å². The SMILES string of the molecule is N#CCOc1ccc(C=CC(=O)Nc2nc(-c3ccccn3)cs2)cc1. The lowest BCUT2D eigenvalue weighted by Gasteiger charge is -2.01. The van der Waals surface area contributed by atoms with E-state index in [-0.39, 0.29) is 12.5 Å². The third-order valence-electron chi connectivity index (χ3n) is 3.27. The minimum Gasteiger partial charge on any atom is -0.479 e. The number of aromatic nitrogens is 2. The van der Waals surface area contributed by atoms with Crippen molar-refractivity contribution in [1.29, 1.82) is 5.26 Å². The minimum atomic E-state index is -0.267. The van der Waals surface area contributed by atoms with Crippen molar-refractivity contribution in [2.75, 3.05) is 11.9 Å². The van der Waals surface area contributed by atoms with Gasteiger partial charge in [-0.15, -0.1) is 11.3 Å². The van der Waals surface area contributed by atoms with Crippen molar-refractivity contribution in [3.63, 3.8) is 0 Å². The van der Waals surface area contributed by atoms with Crippen molar-refractivity contribution in [2.45, 2.75) is 0 Å². The summed E-state index contributed by atoms with van der Waals surface area (Å²) in [5.41, 5.74) is 2.33. The molecular weight excluding hydrogens is 348 g/mol. The Morgan fingerprint density at radius 2 is 2.08 bits per heavy atom. The number of carbonyl (C=O) groups is 1. The summed E-state index contributed by atoms with van der Waals surface area (Å²) in [5.74, 6) is 0.342. The molecule has 1 amide bonds. The van der Waals surface area contributed by atoms with Gasteiger partial charge in [-0.2, -0.15) is 5.26 Å². The number of rotatable bonds is 6. The number of carbonyl (C=O) groups excluding carboxylic acids is 1. The zero-order valence-corrected chi connectivity index (χ0v) is 14.4. The van der Waals surface area contributed by atoms with Crippen LogP contribution in [0.3, 0.4) is 0 Å². The highest BCUT2D eigenvalue weighted by molar-refractivity contribution is 7.14. The summed E-state index contributed by atoms with van der Waals surface area (Å²) < 4.78 is 5.18. The van der Waals surface area contributed by atoms with Crippen molar-refractivity contribution in [2.24, 2.45) is 0 Å². The van der Waals surface area contributed by atoms with Gasteiger partial charge >= 0.3 is 0 Å². The van der Waals surface area contributed by atoms with Gasteiger partial charge in [0.2, 0.25) is 5.91 Å². The number of thiazole rings is 1. The molecule has 1 N–H and O–H groups in total. The third kappa shape index (κ3) is 4.75. The Labute approximate surface area is 154 Å². The van der Waals surface area contributed by atoms with Crippen LogP contribution in [0.15, 0.2) is 60.1 Å². The molecule has 0 spiro atoms. The van der Waals surface area contributed by atoms with E-state index in [9.17, 15) is 4.79 Å². The van der Waals surface area contributed by atoms with Crippen LogP contribution in [0.25, 0.3) is 17.5 Å². The van der Waals surface area contributed by atoms with Gasteiger partial charge < -0.3 is 4.74 Å². The van der Waals surface area contributed by atoms with Crippen LogP contribution in [0.4, 0.5) is 5.13 Å². The van der Waals surface area contributed by atoms with Gasteiger partial charge in [0.05, 0.1) is 5.69 Å². The van der Waals surface area contributed by atoms with E-state index < -0.39 is 0 Å². The molecule has 0 aliphatic rings. The van der Waals surface area contributed by atoms with Crippen LogP contribution < -0.4 is 10.1 Å². The molecule has 0 bridgehead atoms.